The summed E-state index contributed by atoms with van der Waals surface area (Å²) < 4.78 is 0. The molecule has 0 nitrogen and oxygen atoms in total. The first-order chi connectivity index (χ1) is 12.7. The second-order valence-electron chi connectivity index (χ2n) is 6.74. The second kappa shape index (κ2) is 7.01. The molecule has 0 heteroatoms. The first-order valence-corrected chi connectivity index (χ1v) is 9.05. The molecule has 0 fully saturated rings. The molecular weight excluding hydrogens is 312 g/mol. The van der Waals surface area contributed by atoms with E-state index in [0.29, 0.717) is 0 Å². The minimum atomic E-state index is 1.25. The van der Waals surface area contributed by atoms with Gasteiger partial charge in [0.05, 0.1) is 0 Å². The van der Waals surface area contributed by atoms with E-state index in [1.54, 1.807) is 0 Å². The van der Waals surface area contributed by atoms with Crippen LogP contribution in [0.25, 0.3) is 33.4 Å². The molecule has 0 saturated carbocycles. The van der Waals surface area contributed by atoms with E-state index in [0.717, 1.165) is 0 Å². The fourth-order valence-electron chi connectivity index (χ4n) is 3.49. The molecule has 0 bridgehead atoms. The van der Waals surface area contributed by atoms with Crippen molar-refractivity contribution in [3.05, 3.63) is 108 Å². The Labute approximate surface area is 155 Å². The van der Waals surface area contributed by atoms with Gasteiger partial charge in [-0.05, 0) is 58.4 Å². The van der Waals surface area contributed by atoms with E-state index in [-0.39, 0.29) is 0 Å². The zero-order valence-corrected chi connectivity index (χ0v) is 15.2. The maximum Gasteiger partial charge on any atom is -0.0103 e. The first kappa shape index (κ1) is 16.4. The Hall–Kier alpha value is -3.12. The van der Waals surface area contributed by atoms with Gasteiger partial charge in [-0.3, -0.25) is 0 Å². The van der Waals surface area contributed by atoms with Crippen LogP contribution in [0.3, 0.4) is 0 Å². The minimum absolute atomic E-state index is 1.25. The van der Waals surface area contributed by atoms with Crippen molar-refractivity contribution < 1.29 is 0 Å². The molecule has 0 aliphatic carbocycles. The maximum atomic E-state index is 2.23. The van der Waals surface area contributed by atoms with Crippen LogP contribution in [0.15, 0.2) is 97.1 Å². The predicted octanol–water partition coefficient (Wildman–Crippen LogP) is 7.30. The van der Waals surface area contributed by atoms with Crippen LogP contribution in [-0.2, 0) is 0 Å². The van der Waals surface area contributed by atoms with E-state index < -0.39 is 0 Å². The normalized spacial score (nSPS) is 10.7. The van der Waals surface area contributed by atoms with Gasteiger partial charge in [-0.1, -0.05) is 97.1 Å². The Kier molecular flexibility index (Phi) is 4.41. The van der Waals surface area contributed by atoms with E-state index in [9.17, 15) is 0 Å². The van der Waals surface area contributed by atoms with Crippen molar-refractivity contribution in [1.82, 2.24) is 0 Å². The fourth-order valence-corrected chi connectivity index (χ4v) is 3.49. The van der Waals surface area contributed by atoms with E-state index in [1.807, 2.05) is 0 Å². The summed E-state index contributed by atoms with van der Waals surface area (Å²) in [5.74, 6) is 0. The highest BCUT2D eigenvalue weighted by atomic mass is 14.1. The van der Waals surface area contributed by atoms with Crippen molar-refractivity contribution in [1.29, 1.82) is 0 Å². The molecule has 0 amide bonds. The largest absolute Gasteiger partial charge is 0.0622 e. The van der Waals surface area contributed by atoms with Crippen LogP contribution < -0.4 is 0 Å². The molecule has 4 aromatic carbocycles. The summed E-state index contributed by atoms with van der Waals surface area (Å²) in [7, 11) is 0. The Morgan fingerprint density at radius 3 is 1.65 bits per heavy atom. The highest BCUT2D eigenvalue weighted by molar-refractivity contribution is 5.85. The smallest absolute Gasteiger partial charge is 0.0103 e. The summed E-state index contributed by atoms with van der Waals surface area (Å²) in [4.78, 5) is 0. The Morgan fingerprint density at radius 1 is 0.385 bits per heavy atom. The van der Waals surface area contributed by atoms with E-state index in [1.165, 1.54) is 44.5 Å². The molecule has 4 rings (SSSR count). The van der Waals surface area contributed by atoms with Gasteiger partial charge in [-0.2, -0.15) is 0 Å². The topological polar surface area (TPSA) is 0 Å². The zero-order chi connectivity index (χ0) is 17.9. The van der Waals surface area contributed by atoms with Crippen LogP contribution in [0.4, 0.5) is 0 Å². The lowest BCUT2D eigenvalue weighted by atomic mass is 9.90. The average Bonchev–Trinajstić information content (AvgIpc) is 2.71. The van der Waals surface area contributed by atoms with Crippen molar-refractivity contribution in [3.63, 3.8) is 0 Å². The molecule has 126 valence electrons. The number of aryl methyl sites for hydroxylation is 1. The van der Waals surface area contributed by atoms with Gasteiger partial charge in [0, 0.05) is 0 Å². The molecular formula is C26H22. The maximum absolute atomic E-state index is 2.23. The molecule has 0 aliphatic rings. The van der Waals surface area contributed by atoms with Gasteiger partial charge in [0.2, 0.25) is 0 Å². The molecule has 0 aromatic heterocycles. The van der Waals surface area contributed by atoms with Gasteiger partial charge in [0.15, 0.2) is 0 Å². The zero-order valence-electron chi connectivity index (χ0n) is 15.2. The van der Waals surface area contributed by atoms with E-state index in [4.69, 9.17) is 0 Å². The van der Waals surface area contributed by atoms with Crippen molar-refractivity contribution >= 4 is 0 Å². The lowest BCUT2D eigenvalue weighted by molar-refractivity contribution is 1.34. The van der Waals surface area contributed by atoms with E-state index >= 15 is 0 Å². The monoisotopic (exact) mass is 334 g/mol. The molecule has 0 spiro atoms. The highest BCUT2D eigenvalue weighted by Gasteiger charge is 2.10. The third kappa shape index (κ3) is 3.07. The van der Waals surface area contributed by atoms with Crippen molar-refractivity contribution in [3.8, 4) is 33.4 Å². The van der Waals surface area contributed by atoms with Crippen LogP contribution in [0.1, 0.15) is 11.1 Å². The van der Waals surface area contributed by atoms with Gasteiger partial charge in [0.1, 0.15) is 0 Å². The molecule has 4 aromatic rings. The first-order valence-electron chi connectivity index (χ1n) is 9.05. The van der Waals surface area contributed by atoms with Crippen LogP contribution in [0, 0.1) is 13.8 Å². The third-order valence-corrected chi connectivity index (χ3v) is 5.12. The van der Waals surface area contributed by atoms with Crippen LogP contribution >= 0.6 is 0 Å². The Balaban J connectivity index is 1.79. The lowest BCUT2D eigenvalue weighted by Crippen LogP contribution is -1.90. The number of hydrogen-bond donors (Lipinski definition) is 0. The van der Waals surface area contributed by atoms with Gasteiger partial charge in [-0.25, -0.2) is 0 Å². The van der Waals surface area contributed by atoms with Gasteiger partial charge in [0.25, 0.3) is 0 Å². The predicted molar refractivity (Wildman–Crippen MR) is 112 cm³/mol. The molecule has 0 N–H and O–H groups in total. The van der Waals surface area contributed by atoms with Crippen LogP contribution in [-0.4, -0.2) is 0 Å². The summed E-state index contributed by atoms with van der Waals surface area (Å²) in [6, 6.07) is 34.6. The number of benzene rings is 4. The minimum Gasteiger partial charge on any atom is -0.0622 e. The third-order valence-electron chi connectivity index (χ3n) is 5.12. The second-order valence-corrected chi connectivity index (χ2v) is 6.74. The molecule has 0 atom stereocenters. The van der Waals surface area contributed by atoms with Crippen molar-refractivity contribution in [2.24, 2.45) is 0 Å². The van der Waals surface area contributed by atoms with Crippen molar-refractivity contribution in [2.75, 3.05) is 0 Å². The standard InChI is InChI=1S/C26H22/c1-19-9-8-14-24(20(19)2)26-13-7-6-12-25(26)23-17-15-22(16-18-23)21-10-4-3-5-11-21/h3-18H,1-2H3. The summed E-state index contributed by atoms with van der Waals surface area (Å²) in [6.45, 7) is 4.38. The SMILES string of the molecule is Cc1cccc(-c2ccccc2-c2ccc(-c3ccccc3)cc2)c1C. The molecule has 26 heavy (non-hydrogen) atoms. The average molecular weight is 334 g/mol. The molecule has 0 unspecified atom stereocenters. The van der Waals surface area contributed by atoms with Crippen LogP contribution in [0.2, 0.25) is 0 Å². The Morgan fingerprint density at radius 2 is 0.923 bits per heavy atom. The number of hydrogen-bond acceptors (Lipinski definition) is 0. The highest BCUT2D eigenvalue weighted by Crippen LogP contribution is 2.35. The lowest BCUT2D eigenvalue weighted by Gasteiger charge is -2.14. The molecule has 0 radical (unpaired) electrons. The quantitative estimate of drug-likeness (QED) is 0.368. The summed E-state index contributed by atoms with van der Waals surface area (Å²) >= 11 is 0. The summed E-state index contributed by atoms with van der Waals surface area (Å²) in [5.41, 5.74) is 10.3. The summed E-state index contributed by atoms with van der Waals surface area (Å²) in [5, 5.41) is 0. The Bertz CT molecular complexity index is 1030. The van der Waals surface area contributed by atoms with E-state index in [2.05, 4.69) is 111 Å². The summed E-state index contributed by atoms with van der Waals surface area (Å²) in [6.07, 6.45) is 0. The van der Waals surface area contributed by atoms with Crippen LogP contribution in [0.5, 0.6) is 0 Å². The van der Waals surface area contributed by atoms with Gasteiger partial charge in [-0.15, -0.1) is 0 Å². The van der Waals surface area contributed by atoms with Gasteiger partial charge >= 0.3 is 0 Å². The molecule has 0 saturated heterocycles. The fraction of sp³-hybridized carbons (Fsp3) is 0.0769. The number of rotatable bonds is 3. The molecule has 0 heterocycles. The van der Waals surface area contributed by atoms with Crippen molar-refractivity contribution in [2.45, 2.75) is 13.8 Å². The van der Waals surface area contributed by atoms with Gasteiger partial charge < -0.3 is 0 Å². The molecule has 0 aliphatic heterocycles.